The third-order valence-electron chi connectivity index (χ3n) is 3.38. The summed E-state index contributed by atoms with van der Waals surface area (Å²) >= 11 is 0. The molecule has 0 amide bonds. The van der Waals surface area contributed by atoms with Crippen molar-refractivity contribution in [1.82, 2.24) is 0 Å². The fraction of sp³-hybridized carbons (Fsp3) is 0.800. The molecule has 0 aromatic rings. The number of carboxylic acids is 1. The molecule has 0 bridgehead atoms. The third-order valence-corrected chi connectivity index (χ3v) is 3.38. The number of esters is 1. The maximum atomic E-state index is 11.4. The molecular formula is C10H15ClO4. The molecule has 0 heterocycles. The summed E-state index contributed by atoms with van der Waals surface area (Å²) in [5, 5.41) is 8.89. The Bertz CT molecular complexity index is 279. The number of hydrogen-bond donors (Lipinski definition) is 1. The van der Waals surface area contributed by atoms with Crippen molar-refractivity contribution in [2.24, 2.45) is 23.7 Å². The molecule has 2 saturated carbocycles. The number of hydrogen-bond acceptors (Lipinski definition) is 3. The van der Waals surface area contributed by atoms with Gasteiger partial charge >= 0.3 is 11.9 Å². The van der Waals surface area contributed by atoms with Crippen LogP contribution < -0.4 is 0 Å². The summed E-state index contributed by atoms with van der Waals surface area (Å²) in [7, 11) is 0. The molecule has 1 N–H and O–H groups in total. The largest absolute Gasteiger partial charge is 0.481 e. The van der Waals surface area contributed by atoms with Crippen LogP contribution in [0.2, 0.25) is 0 Å². The fourth-order valence-electron chi connectivity index (χ4n) is 2.74. The lowest BCUT2D eigenvalue weighted by atomic mass is 10.0. The fourth-order valence-corrected chi connectivity index (χ4v) is 2.74. The first kappa shape index (κ1) is 12.3. The zero-order valence-electron chi connectivity index (χ0n) is 8.51. The van der Waals surface area contributed by atoms with Crippen LogP contribution >= 0.6 is 12.4 Å². The van der Waals surface area contributed by atoms with Gasteiger partial charge in [-0.2, -0.15) is 0 Å². The van der Waals surface area contributed by atoms with Crippen LogP contribution in [0.3, 0.4) is 0 Å². The number of carboxylic acid groups (broad SMARTS) is 1. The van der Waals surface area contributed by atoms with Crippen molar-refractivity contribution in [2.45, 2.75) is 19.8 Å². The normalized spacial score (nSPS) is 36.3. The highest BCUT2D eigenvalue weighted by molar-refractivity contribution is 5.85. The van der Waals surface area contributed by atoms with Gasteiger partial charge in [0.25, 0.3) is 0 Å². The molecule has 4 unspecified atom stereocenters. The summed E-state index contributed by atoms with van der Waals surface area (Å²) < 4.78 is 4.90. The number of carbonyl (C=O) groups excluding carboxylic acids is 1. The van der Waals surface area contributed by atoms with Crippen molar-refractivity contribution in [1.29, 1.82) is 0 Å². The number of fused-ring (bicyclic) bond motifs is 1. The van der Waals surface area contributed by atoms with E-state index in [4.69, 9.17) is 9.84 Å². The van der Waals surface area contributed by atoms with E-state index in [1.54, 1.807) is 6.92 Å². The maximum absolute atomic E-state index is 11.4. The Morgan fingerprint density at radius 3 is 2.60 bits per heavy atom. The quantitative estimate of drug-likeness (QED) is 0.749. The zero-order valence-corrected chi connectivity index (χ0v) is 9.33. The molecule has 15 heavy (non-hydrogen) atoms. The van der Waals surface area contributed by atoms with Crippen LogP contribution in [0.5, 0.6) is 0 Å². The Labute approximate surface area is 94.4 Å². The first-order valence-corrected chi connectivity index (χ1v) is 5.06. The minimum Gasteiger partial charge on any atom is -0.481 e. The van der Waals surface area contributed by atoms with E-state index in [9.17, 15) is 9.59 Å². The molecule has 2 aliphatic carbocycles. The summed E-state index contributed by atoms with van der Waals surface area (Å²) in [6.45, 7) is 2.15. The van der Waals surface area contributed by atoms with E-state index in [0.29, 0.717) is 6.61 Å². The Kier molecular flexibility index (Phi) is 3.60. The average molecular weight is 235 g/mol. The van der Waals surface area contributed by atoms with Crippen LogP contribution in [0.4, 0.5) is 0 Å². The van der Waals surface area contributed by atoms with Crippen molar-refractivity contribution in [3.8, 4) is 0 Å². The van der Waals surface area contributed by atoms with E-state index < -0.39 is 5.97 Å². The highest BCUT2D eigenvalue weighted by Crippen LogP contribution is 2.60. The summed E-state index contributed by atoms with van der Waals surface area (Å²) in [4.78, 5) is 22.2. The van der Waals surface area contributed by atoms with Gasteiger partial charge in [-0.05, 0) is 31.6 Å². The maximum Gasteiger partial charge on any atom is 0.309 e. The molecule has 2 fully saturated rings. The lowest BCUT2D eigenvalue weighted by molar-refractivity contribution is -0.147. The second-order valence-corrected chi connectivity index (χ2v) is 4.04. The highest BCUT2D eigenvalue weighted by atomic mass is 35.5. The molecule has 0 radical (unpaired) electrons. The number of ether oxygens (including phenoxy) is 1. The second kappa shape index (κ2) is 4.39. The van der Waals surface area contributed by atoms with Gasteiger partial charge in [0.2, 0.25) is 0 Å². The van der Waals surface area contributed by atoms with Gasteiger partial charge < -0.3 is 9.84 Å². The lowest BCUT2D eigenvalue weighted by Gasteiger charge is -2.08. The van der Waals surface area contributed by atoms with Crippen LogP contribution in [-0.2, 0) is 14.3 Å². The van der Waals surface area contributed by atoms with Crippen molar-refractivity contribution in [3.63, 3.8) is 0 Å². The SMILES string of the molecule is CCOC(=O)C1C2CCC(C(=O)O)C21.Cl. The van der Waals surface area contributed by atoms with Crippen molar-refractivity contribution in [2.75, 3.05) is 6.61 Å². The molecule has 0 aliphatic heterocycles. The van der Waals surface area contributed by atoms with Crippen LogP contribution in [0.15, 0.2) is 0 Å². The molecule has 0 saturated heterocycles. The first-order chi connectivity index (χ1) is 6.66. The summed E-state index contributed by atoms with van der Waals surface area (Å²) in [6, 6.07) is 0. The minimum atomic E-state index is -0.760. The monoisotopic (exact) mass is 234 g/mol. The van der Waals surface area contributed by atoms with Gasteiger partial charge in [0.05, 0.1) is 18.4 Å². The highest BCUT2D eigenvalue weighted by Gasteiger charge is 2.63. The predicted molar refractivity (Wildman–Crippen MR) is 54.7 cm³/mol. The Hall–Kier alpha value is -0.770. The summed E-state index contributed by atoms with van der Waals surface area (Å²) in [5.74, 6) is -1.04. The predicted octanol–water partition coefficient (Wildman–Crippen LogP) is 1.33. The van der Waals surface area contributed by atoms with Crippen LogP contribution in [-0.4, -0.2) is 23.7 Å². The van der Waals surface area contributed by atoms with Gasteiger partial charge in [0.1, 0.15) is 0 Å². The van der Waals surface area contributed by atoms with Crippen LogP contribution in [0.1, 0.15) is 19.8 Å². The zero-order chi connectivity index (χ0) is 10.3. The van der Waals surface area contributed by atoms with Crippen molar-refractivity contribution < 1.29 is 19.4 Å². The van der Waals surface area contributed by atoms with E-state index in [1.165, 1.54) is 0 Å². The Morgan fingerprint density at radius 1 is 1.40 bits per heavy atom. The number of halogens is 1. The van der Waals surface area contributed by atoms with Gasteiger partial charge in [-0.1, -0.05) is 0 Å². The van der Waals surface area contributed by atoms with E-state index in [0.717, 1.165) is 12.8 Å². The first-order valence-electron chi connectivity index (χ1n) is 5.06. The number of rotatable bonds is 3. The van der Waals surface area contributed by atoms with Gasteiger partial charge in [-0.25, -0.2) is 0 Å². The molecule has 5 heteroatoms. The molecule has 0 aromatic heterocycles. The second-order valence-electron chi connectivity index (χ2n) is 4.04. The molecule has 2 aliphatic rings. The van der Waals surface area contributed by atoms with Crippen LogP contribution in [0.25, 0.3) is 0 Å². The minimum absolute atomic E-state index is 0. The molecule has 4 nitrogen and oxygen atoms in total. The van der Waals surface area contributed by atoms with Gasteiger partial charge in [-0.3, -0.25) is 9.59 Å². The standard InChI is InChI=1S/C10H14O4.ClH/c1-2-14-10(13)8-5-3-4-6(7(5)8)9(11)12;/h5-8H,2-4H2,1H3,(H,11,12);1H. The van der Waals surface area contributed by atoms with Gasteiger partial charge in [0.15, 0.2) is 0 Å². The lowest BCUT2D eigenvalue weighted by Crippen LogP contribution is -2.18. The van der Waals surface area contributed by atoms with E-state index in [1.807, 2.05) is 0 Å². The number of carbonyl (C=O) groups is 2. The molecule has 86 valence electrons. The molecular weight excluding hydrogens is 220 g/mol. The Balaban J connectivity index is 0.00000112. The van der Waals surface area contributed by atoms with Crippen LogP contribution in [0, 0.1) is 23.7 Å². The van der Waals surface area contributed by atoms with Crippen molar-refractivity contribution in [3.05, 3.63) is 0 Å². The number of aliphatic carboxylic acids is 1. The molecule has 4 atom stereocenters. The Morgan fingerprint density at radius 2 is 2.07 bits per heavy atom. The summed E-state index contributed by atoms with van der Waals surface area (Å²) in [5.41, 5.74) is 0. The smallest absolute Gasteiger partial charge is 0.309 e. The summed E-state index contributed by atoms with van der Waals surface area (Å²) in [6.07, 6.45) is 1.59. The van der Waals surface area contributed by atoms with Gasteiger partial charge in [0, 0.05) is 0 Å². The third kappa shape index (κ3) is 1.95. The van der Waals surface area contributed by atoms with Gasteiger partial charge in [-0.15, -0.1) is 12.4 Å². The topological polar surface area (TPSA) is 63.6 Å². The average Bonchev–Trinajstić information content (AvgIpc) is 2.66. The molecule has 0 spiro atoms. The van der Waals surface area contributed by atoms with E-state index >= 15 is 0 Å². The van der Waals surface area contributed by atoms with E-state index in [-0.39, 0.29) is 42.0 Å². The van der Waals surface area contributed by atoms with E-state index in [2.05, 4.69) is 0 Å². The molecule has 0 aromatic carbocycles. The van der Waals surface area contributed by atoms with Crippen molar-refractivity contribution >= 4 is 24.3 Å². The molecule has 2 rings (SSSR count).